The summed E-state index contributed by atoms with van der Waals surface area (Å²) in [7, 11) is 0. The van der Waals surface area contributed by atoms with E-state index in [0.717, 1.165) is 12.1 Å². The second kappa shape index (κ2) is 8.05. The fourth-order valence-electron chi connectivity index (χ4n) is 2.31. The standard InChI is InChI=1S/C18H15ClFNO5/c19-14-7-11(20)5-6-13(14)18(23)25-10-17(22)21-8-12-9-24-15-3-1-2-4-16(15)26-12/h1-7,12H,8-10H2,(H,21,22). The van der Waals surface area contributed by atoms with Crippen LogP contribution in [-0.2, 0) is 9.53 Å². The number of benzene rings is 2. The topological polar surface area (TPSA) is 73.9 Å². The van der Waals surface area contributed by atoms with Crippen LogP contribution >= 0.6 is 11.6 Å². The number of hydrogen-bond donors (Lipinski definition) is 1. The summed E-state index contributed by atoms with van der Waals surface area (Å²) >= 11 is 5.77. The summed E-state index contributed by atoms with van der Waals surface area (Å²) < 4.78 is 29.1. The van der Waals surface area contributed by atoms with Gasteiger partial charge in [-0.05, 0) is 30.3 Å². The predicted molar refractivity (Wildman–Crippen MR) is 91.1 cm³/mol. The van der Waals surface area contributed by atoms with Crippen molar-refractivity contribution in [2.24, 2.45) is 0 Å². The molecule has 0 saturated heterocycles. The van der Waals surface area contributed by atoms with E-state index in [9.17, 15) is 14.0 Å². The third kappa shape index (κ3) is 4.43. The Labute approximate surface area is 153 Å². The van der Waals surface area contributed by atoms with Crippen LogP contribution in [0.2, 0.25) is 5.02 Å². The van der Waals surface area contributed by atoms with Crippen molar-refractivity contribution in [2.75, 3.05) is 19.8 Å². The zero-order valence-corrected chi connectivity index (χ0v) is 14.3. The first-order chi connectivity index (χ1) is 12.5. The Kier molecular flexibility index (Phi) is 5.58. The maximum absolute atomic E-state index is 13.0. The number of nitrogens with one attached hydrogen (secondary N) is 1. The fourth-order valence-corrected chi connectivity index (χ4v) is 2.55. The van der Waals surface area contributed by atoms with Gasteiger partial charge in [0.15, 0.2) is 18.1 Å². The zero-order chi connectivity index (χ0) is 18.5. The Balaban J connectivity index is 1.44. The van der Waals surface area contributed by atoms with Gasteiger partial charge < -0.3 is 19.5 Å². The molecule has 1 heterocycles. The molecule has 1 N–H and O–H groups in total. The van der Waals surface area contributed by atoms with E-state index in [-0.39, 0.29) is 23.2 Å². The molecule has 6 nitrogen and oxygen atoms in total. The van der Waals surface area contributed by atoms with Crippen molar-refractivity contribution in [2.45, 2.75) is 6.10 Å². The van der Waals surface area contributed by atoms with Crippen LogP contribution in [0, 0.1) is 5.82 Å². The van der Waals surface area contributed by atoms with Crippen LogP contribution in [0.25, 0.3) is 0 Å². The molecule has 26 heavy (non-hydrogen) atoms. The molecule has 2 aromatic carbocycles. The predicted octanol–water partition coefficient (Wildman–Crippen LogP) is 2.59. The molecule has 0 spiro atoms. The molecule has 1 aliphatic rings. The number of carbonyl (C=O) groups is 2. The molecule has 0 fully saturated rings. The van der Waals surface area contributed by atoms with Crippen LogP contribution in [0.15, 0.2) is 42.5 Å². The Hall–Kier alpha value is -2.80. The van der Waals surface area contributed by atoms with Crippen LogP contribution < -0.4 is 14.8 Å². The second-order valence-electron chi connectivity index (χ2n) is 5.50. The van der Waals surface area contributed by atoms with Crippen LogP contribution in [-0.4, -0.2) is 37.7 Å². The first-order valence-corrected chi connectivity index (χ1v) is 8.18. The van der Waals surface area contributed by atoms with E-state index in [1.165, 1.54) is 6.07 Å². The van der Waals surface area contributed by atoms with E-state index < -0.39 is 24.3 Å². The number of amides is 1. The Morgan fingerprint density at radius 2 is 2.00 bits per heavy atom. The summed E-state index contributed by atoms with van der Waals surface area (Å²) in [5.74, 6) is -0.619. The molecule has 0 radical (unpaired) electrons. The van der Waals surface area contributed by atoms with Gasteiger partial charge in [0.05, 0.1) is 17.1 Å². The number of fused-ring (bicyclic) bond motifs is 1. The van der Waals surface area contributed by atoms with E-state index in [4.69, 9.17) is 25.8 Å². The lowest BCUT2D eigenvalue weighted by atomic mass is 10.2. The molecule has 3 rings (SSSR count). The van der Waals surface area contributed by atoms with Crippen molar-refractivity contribution in [3.63, 3.8) is 0 Å². The Bertz CT molecular complexity index is 829. The summed E-state index contributed by atoms with van der Waals surface area (Å²) in [5.41, 5.74) is -0.0125. The van der Waals surface area contributed by atoms with E-state index in [1.807, 2.05) is 12.1 Å². The van der Waals surface area contributed by atoms with Crippen molar-refractivity contribution in [1.82, 2.24) is 5.32 Å². The van der Waals surface area contributed by atoms with Crippen LogP contribution in [0.5, 0.6) is 11.5 Å². The van der Waals surface area contributed by atoms with Gasteiger partial charge in [-0.1, -0.05) is 23.7 Å². The second-order valence-corrected chi connectivity index (χ2v) is 5.91. The molecule has 136 valence electrons. The molecule has 1 aliphatic heterocycles. The van der Waals surface area contributed by atoms with Gasteiger partial charge in [-0.15, -0.1) is 0 Å². The highest BCUT2D eigenvalue weighted by atomic mass is 35.5. The molecule has 0 bridgehead atoms. The third-order valence-corrected chi connectivity index (χ3v) is 3.89. The van der Waals surface area contributed by atoms with Gasteiger partial charge in [0.2, 0.25) is 0 Å². The number of carbonyl (C=O) groups excluding carboxylic acids is 2. The normalized spacial score (nSPS) is 15.2. The molecule has 1 atom stereocenters. The zero-order valence-electron chi connectivity index (χ0n) is 13.5. The SMILES string of the molecule is O=C(COC(=O)c1ccc(F)cc1Cl)NCC1COc2ccccc2O1. The highest BCUT2D eigenvalue weighted by molar-refractivity contribution is 6.33. The molecular weight excluding hydrogens is 365 g/mol. The molecular formula is C18H15ClFNO5. The highest BCUT2D eigenvalue weighted by Gasteiger charge is 2.21. The number of halogens is 2. The highest BCUT2D eigenvalue weighted by Crippen LogP contribution is 2.30. The first kappa shape index (κ1) is 18.0. The molecule has 1 amide bonds. The minimum absolute atomic E-state index is 0.0125. The van der Waals surface area contributed by atoms with Crippen LogP contribution in [0.1, 0.15) is 10.4 Å². The lowest BCUT2D eigenvalue weighted by Crippen LogP contribution is -2.42. The van der Waals surface area contributed by atoms with Crippen LogP contribution in [0.3, 0.4) is 0 Å². The van der Waals surface area contributed by atoms with Gasteiger partial charge in [0, 0.05) is 0 Å². The van der Waals surface area contributed by atoms with Crippen molar-refractivity contribution >= 4 is 23.5 Å². The third-order valence-electron chi connectivity index (χ3n) is 3.58. The smallest absolute Gasteiger partial charge is 0.340 e. The van der Waals surface area contributed by atoms with E-state index in [2.05, 4.69) is 5.32 Å². The molecule has 0 aliphatic carbocycles. The van der Waals surface area contributed by atoms with Gasteiger partial charge >= 0.3 is 5.97 Å². The largest absolute Gasteiger partial charge is 0.486 e. The van der Waals surface area contributed by atoms with E-state index in [0.29, 0.717) is 18.1 Å². The van der Waals surface area contributed by atoms with Gasteiger partial charge in [-0.25, -0.2) is 9.18 Å². The lowest BCUT2D eigenvalue weighted by molar-refractivity contribution is -0.124. The van der Waals surface area contributed by atoms with E-state index in [1.54, 1.807) is 12.1 Å². The van der Waals surface area contributed by atoms with Gasteiger partial charge in [-0.2, -0.15) is 0 Å². The summed E-state index contributed by atoms with van der Waals surface area (Å²) in [6, 6.07) is 10.5. The minimum atomic E-state index is -0.809. The van der Waals surface area contributed by atoms with Crippen molar-refractivity contribution in [1.29, 1.82) is 0 Å². The average Bonchev–Trinajstić information content (AvgIpc) is 2.64. The van der Waals surface area contributed by atoms with Gasteiger partial charge in [0.1, 0.15) is 18.5 Å². The summed E-state index contributed by atoms with van der Waals surface area (Å²) in [4.78, 5) is 23.7. The first-order valence-electron chi connectivity index (χ1n) is 7.80. The van der Waals surface area contributed by atoms with Gasteiger partial charge in [-0.3, -0.25) is 4.79 Å². The summed E-state index contributed by atoms with van der Waals surface area (Å²) in [5, 5.41) is 2.52. The number of para-hydroxylation sites is 2. The number of ether oxygens (including phenoxy) is 3. The average molecular weight is 380 g/mol. The van der Waals surface area contributed by atoms with Crippen molar-refractivity contribution in [3.8, 4) is 11.5 Å². The molecule has 8 heteroatoms. The lowest BCUT2D eigenvalue weighted by Gasteiger charge is -2.26. The van der Waals surface area contributed by atoms with Crippen molar-refractivity contribution < 1.29 is 28.2 Å². The van der Waals surface area contributed by atoms with Crippen LogP contribution in [0.4, 0.5) is 4.39 Å². The molecule has 2 aromatic rings. The van der Waals surface area contributed by atoms with E-state index >= 15 is 0 Å². The minimum Gasteiger partial charge on any atom is -0.486 e. The number of hydrogen-bond acceptors (Lipinski definition) is 5. The Morgan fingerprint density at radius 1 is 1.23 bits per heavy atom. The quantitative estimate of drug-likeness (QED) is 0.808. The number of rotatable bonds is 5. The summed E-state index contributed by atoms with van der Waals surface area (Å²) in [6.45, 7) is 0.000986. The molecule has 0 saturated carbocycles. The fraction of sp³-hybridized carbons (Fsp3) is 0.222. The molecule has 1 unspecified atom stereocenters. The Morgan fingerprint density at radius 3 is 2.77 bits per heavy atom. The number of esters is 1. The maximum atomic E-state index is 13.0. The summed E-state index contributed by atoms with van der Waals surface area (Å²) in [6.07, 6.45) is -0.351. The maximum Gasteiger partial charge on any atom is 0.340 e. The monoisotopic (exact) mass is 379 g/mol. The van der Waals surface area contributed by atoms with Gasteiger partial charge in [0.25, 0.3) is 5.91 Å². The van der Waals surface area contributed by atoms with Crippen molar-refractivity contribution in [3.05, 3.63) is 58.9 Å². The molecule has 0 aromatic heterocycles.